The van der Waals surface area contributed by atoms with E-state index in [9.17, 15) is 0 Å². The Labute approximate surface area is 89.7 Å². The molecule has 0 fully saturated rings. The lowest BCUT2D eigenvalue weighted by Gasteiger charge is -2.15. The quantitative estimate of drug-likeness (QED) is 0.810. The second-order valence-electron chi connectivity index (χ2n) is 3.53. The van der Waals surface area contributed by atoms with Crippen LogP contribution in [0.4, 0.5) is 0 Å². The van der Waals surface area contributed by atoms with E-state index in [-0.39, 0.29) is 12.6 Å². The summed E-state index contributed by atoms with van der Waals surface area (Å²) in [6.45, 7) is 4.03. The van der Waals surface area contributed by atoms with Crippen molar-refractivity contribution in [1.29, 1.82) is 0 Å². The van der Waals surface area contributed by atoms with Gasteiger partial charge in [0.05, 0.1) is 0 Å². The summed E-state index contributed by atoms with van der Waals surface area (Å²) in [5.41, 5.74) is 9.01. The molecule has 3 N–H and O–H groups in total. The van der Waals surface area contributed by atoms with Crippen LogP contribution in [-0.2, 0) is 0 Å². The summed E-state index contributed by atoms with van der Waals surface area (Å²) in [6, 6.07) is 3.82. The molecular weight excluding hydrogens is 198 g/mol. The molecule has 0 aliphatic carbocycles. The smallest absolute Gasteiger partial charge is 0.0467 e. The molecule has 1 rings (SSSR count). The summed E-state index contributed by atoms with van der Waals surface area (Å²) in [7, 11) is 0. The van der Waals surface area contributed by atoms with E-state index in [1.807, 2.05) is 26.0 Å². The van der Waals surface area contributed by atoms with Gasteiger partial charge in [0.15, 0.2) is 0 Å². The van der Waals surface area contributed by atoms with Crippen molar-refractivity contribution >= 4 is 11.6 Å². The SMILES string of the molecule is Cc1ccc(C(N)CCO)c(C)c1Cl. The summed E-state index contributed by atoms with van der Waals surface area (Å²) in [6.07, 6.45) is 0.570. The average Bonchev–Trinajstić information content (AvgIpc) is 2.15. The van der Waals surface area contributed by atoms with Gasteiger partial charge in [0, 0.05) is 17.7 Å². The minimum atomic E-state index is -0.127. The van der Waals surface area contributed by atoms with Crippen LogP contribution in [-0.4, -0.2) is 11.7 Å². The van der Waals surface area contributed by atoms with Crippen molar-refractivity contribution < 1.29 is 5.11 Å². The standard InChI is InChI=1S/C11H16ClNO/c1-7-3-4-9(8(2)11(7)12)10(13)5-6-14/h3-4,10,14H,5-6,13H2,1-2H3. The molecule has 1 aromatic carbocycles. The summed E-state index contributed by atoms with van der Waals surface area (Å²) in [5, 5.41) is 9.57. The highest BCUT2D eigenvalue weighted by atomic mass is 35.5. The summed E-state index contributed by atoms with van der Waals surface area (Å²) in [5.74, 6) is 0. The minimum absolute atomic E-state index is 0.103. The van der Waals surface area contributed by atoms with Gasteiger partial charge in [0.2, 0.25) is 0 Å². The van der Waals surface area contributed by atoms with Gasteiger partial charge in [0.1, 0.15) is 0 Å². The first-order chi connectivity index (χ1) is 6.57. The molecule has 0 aliphatic heterocycles. The average molecular weight is 214 g/mol. The Balaban J connectivity index is 3.04. The number of benzene rings is 1. The summed E-state index contributed by atoms with van der Waals surface area (Å²) < 4.78 is 0. The van der Waals surface area contributed by atoms with Gasteiger partial charge in [-0.25, -0.2) is 0 Å². The predicted octanol–water partition coefficient (Wildman–Crippen LogP) is 2.34. The molecule has 78 valence electrons. The zero-order valence-electron chi connectivity index (χ0n) is 8.55. The predicted molar refractivity (Wildman–Crippen MR) is 59.6 cm³/mol. The zero-order valence-corrected chi connectivity index (χ0v) is 9.30. The monoisotopic (exact) mass is 213 g/mol. The lowest BCUT2D eigenvalue weighted by molar-refractivity contribution is 0.276. The van der Waals surface area contributed by atoms with E-state index in [0.29, 0.717) is 6.42 Å². The van der Waals surface area contributed by atoms with Gasteiger partial charge in [-0.3, -0.25) is 0 Å². The number of hydrogen-bond donors (Lipinski definition) is 2. The molecule has 1 atom stereocenters. The minimum Gasteiger partial charge on any atom is -0.396 e. The lowest BCUT2D eigenvalue weighted by atomic mass is 9.98. The Morgan fingerprint density at radius 2 is 2.07 bits per heavy atom. The molecule has 0 aromatic heterocycles. The van der Waals surface area contributed by atoms with Crippen molar-refractivity contribution in [1.82, 2.24) is 0 Å². The Bertz CT molecular complexity index is 325. The number of rotatable bonds is 3. The van der Waals surface area contributed by atoms with Gasteiger partial charge in [-0.2, -0.15) is 0 Å². The highest BCUT2D eigenvalue weighted by molar-refractivity contribution is 6.32. The maximum Gasteiger partial charge on any atom is 0.0467 e. The first kappa shape index (κ1) is 11.5. The van der Waals surface area contributed by atoms with Crippen LogP contribution < -0.4 is 5.73 Å². The number of halogens is 1. The van der Waals surface area contributed by atoms with E-state index in [2.05, 4.69) is 0 Å². The van der Waals surface area contributed by atoms with E-state index in [0.717, 1.165) is 21.7 Å². The Hall–Kier alpha value is -0.570. The van der Waals surface area contributed by atoms with E-state index in [4.69, 9.17) is 22.4 Å². The first-order valence-electron chi connectivity index (χ1n) is 4.70. The molecule has 0 spiro atoms. The molecule has 0 saturated heterocycles. The van der Waals surface area contributed by atoms with Crippen molar-refractivity contribution in [2.75, 3.05) is 6.61 Å². The van der Waals surface area contributed by atoms with Crippen molar-refractivity contribution in [3.63, 3.8) is 0 Å². The van der Waals surface area contributed by atoms with Crippen LogP contribution in [0.25, 0.3) is 0 Å². The number of aliphatic hydroxyl groups excluding tert-OH is 1. The summed E-state index contributed by atoms with van der Waals surface area (Å²) >= 11 is 6.11. The van der Waals surface area contributed by atoms with Gasteiger partial charge < -0.3 is 10.8 Å². The van der Waals surface area contributed by atoms with Gasteiger partial charge in [-0.05, 0) is 37.0 Å². The largest absolute Gasteiger partial charge is 0.396 e. The molecule has 0 heterocycles. The third kappa shape index (κ3) is 2.27. The van der Waals surface area contributed by atoms with Crippen LogP contribution in [0, 0.1) is 13.8 Å². The van der Waals surface area contributed by atoms with Crippen LogP contribution >= 0.6 is 11.6 Å². The normalized spacial score (nSPS) is 12.9. The molecule has 0 radical (unpaired) electrons. The van der Waals surface area contributed by atoms with Gasteiger partial charge in [0.25, 0.3) is 0 Å². The van der Waals surface area contributed by atoms with E-state index >= 15 is 0 Å². The maximum atomic E-state index is 8.80. The molecule has 0 amide bonds. The van der Waals surface area contributed by atoms with Crippen LogP contribution in [0.3, 0.4) is 0 Å². The highest BCUT2D eigenvalue weighted by Gasteiger charge is 2.11. The van der Waals surface area contributed by atoms with Crippen molar-refractivity contribution in [2.45, 2.75) is 26.3 Å². The van der Waals surface area contributed by atoms with Gasteiger partial charge >= 0.3 is 0 Å². The second kappa shape index (κ2) is 4.78. The third-order valence-electron chi connectivity index (χ3n) is 2.46. The Morgan fingerprint density at radius 3 is 2.64 bits per heavy atom. The number of aliphatic hydroxyl groups is 1. The van der Waals surface area contributed by atoms with Crippen molar-refractivity contribution in [2.24, 2.45) is 5.73 Å². The molecule has 0 saturated carbocycles. The fourth-order valence-electron chi connectivity index (χ4n) is 1.53. The van der Waals surface area contributed by atoms with Crippen molar-refractivity contribution in [3.8, 4) is 0 Å². The lowest BCUT2D eigenvalue weighted by Crippen LogP contribution is -2.13. The molecule has 2 nitrogen and oxygen atoms in total. The molecule has 1 unspecified atom stereocenters. The zero-order chi connectivity index (χ0) is 10.7. The number of aryl methyl sites for hydroxylation is 1. The Morgan fingerprint density at radius 1 is 1.43 bits per heavy atom. The van der Waals surface area contributed by atoms with E-state index in [1.165, 1.54) is 0 Å². The molecule has 1 aromatic rings. The van der Waals surface area contributed by atoms with Gasteiger partial charge in [-0.1, -0.05) is 23.7 Å². The fourth-order valence-corrected chi connectivity index (χ4v) is 1.70. The molecular formula is C11H16ClNO. The third-order valence-corrected chi connectivity index (χ3v) is 3.04. The highest BCUT2D eigenvalue weighted by Crippen LogP contribution is 2.27. The van der Waals surface area contributed by atoms with Crippen LogP contribution in [0.1, 0.15) is 29.2 Å². The van der Waals surface area contributed by atoms with Crippen LogP contribution in [0.2, 0.25) is 5.02 Å². The summed E-state index contributed by atoms with van der Waals surface area (Å²) in [4.78, 5) is 0. The molecule has 0 aliphatic rings. The second-order valence-corrected chi connectivity index (χ2v) is 3.91. The van der Waals surface area contributed by atoms with E-state index in [1.54, 1.807) is 0 Å². The first-order valence-corrected chi connectivity index (χ1v) is 5.07. The molecule has 0 bridgehead atoms. The van der Waals surface area contributed by atoms with Gasteiger partial charge in [-0.15, -0.1) is 0 Å². The molecule has 3 heteroatoms. The fraction of sp³-hybridized carbons (Fsp3) is 0.455. The van der Waals surface area contributed by atoms with Crippen LogP contribution in [0.5, 0.6) is 0 Å². The molecule has 14 heavy (non-hydrogen) atoms. The van der Waals surface area contributed by atoms with Crippen LogP contribution in [0.15, 0.2) is 12.1 Å². The van der Waals surface area contributed by atoms with Crippen molar-refractivity contribution in [3.05, 3.63) is 33.8 Å². The Kier molecular flexibility index (Phi) is 3.93. The number of nitrogens with two attached hydrogens (primary N) is 1. The maximum absolute atomic E-state index is 8.80. The topological polar surface area (TPSA) is 46.2 Å². The number of hydrogen-bond acceptors (Lipinski definition) is 2. The van der Waals surface area contributed by atoms with E-state index < -0.39 is 0 Å².